The number of nitrogens with one attached hydrogen (secondary N) is 1. The molecule has 0 aromatic carbocycles. The van der Waals surface area contributed by atoms with Crippen LogP contribution in [0.4, 0.5) is 0 Å². The Morgan fingerprint density at radius 1 is 1.40 bits per heavy atom. The fraction of sp³-hybridized carbons (Fsp3) is 0.682. The van der Waals surface area contributed by atoms with Gasteiger partial charge >= 0.3 is 5.97 Å². The maximum atomic E-state index is 13.1. The number of aliphatic hydroxyl groups excluding tert-OH is 1. The molecule has 5 rings (SSSR count). The van der Waals surface area contributed by atoms with Crippen LogP contribution in [0.3, 0.4) is 0 Å². The molecule has 1 aromatic rings. The lowest BCUT2D eigenvalue weighted by atomic mass is 9.78. The van der Waals surface area contributed by atoms with Crippen LogP contribution in [0.2, 0.25) is 0 Å². The maximum absolute atomic E-state index is 13.1. The minimum absolute atomic E-state index is 0.0262. The molecule has 0 aliphatic carbocycles. The third kappa shape index (κ3) is 4.03. The number of likely N-dealkylation sites (tertiary alicyclic amines) is 1. The number of thioether (sulfide) groups is 1. The molecule has 2 unspecified atom stereocenters. The molecular weight excluding hydrogens is 474 g/mol. The zero-order valence-corrected chi connectivity index (χ0v) is 20.5. The minimum Gasteiger partial charge on any atom is -0.477 e. The average molecular weight is 506 g/mol. The Labute approximate surface area is 206 Å². The van der Waals surface area contributed by atoms with Crippen molar-refractivity contribution in [3.63, 3.8) is 0 Å². The van der Waals surface area contributed by atoms with E-state index in [0.717, 1.165) is 6.42 Å². The molecule has 13 heteroatoms. The maximum Gasteiger partial charge on any atom is 0.353 e. The Morgan fingerprint density at radius 3 is 2.80 bits per heavy atom. The van der Waals surface area contributed by atoms with Crippen molar-refractivity contribution in [2.45, 2.75) is 62.7 Å². The van der Waals surface area contributed by atoms with Crippen LogP contribution < -0.4 is 11.1 Å². The van der Waals surface area contributed by atoms with E-state index in [4.69, 9.17) is 5.73 Å². The molecule has 0 spiro atoms. The van der Waals surface area contributed by atoms with Gasteiger partial charge in [-0.25, -0.2) is 9.48 Å². The highest BCUT2D eigenvalue weighted by atomic mass is 32.2. The molecule has 2 amide bonds. The lowest BCUT2D eigenvalue weighted by Crippen LogP contribution is -2.62. The van der Waals surface area contributed by atoms with Gasteiger partial charge in [0.05, 0.1) is 36.8 Å². The average Bonchev–Trinajstić information content (AvgIpc) is 3.61. The molecule has 5 heterocycles. The first kappa shape index (κ1) is 24.2. The number of aliphatic carboxylic acids is 1. The first-order valence-electron chi connectivity index (χ1n) is 12.0. The number of carbonyl (C=O) groups excluding carboxylic acids is 2. The third-order valence-corrected chi connectivity index (χ3v) is 9.18. The number of fused-ring (bicyclic) bond motifs is 1. The summed E-state index contributed by atoms with van der Waals surface area (Å²) in [7, 11) is 0. The van der Waals surface area contributed by atoms with Gasteiger partial charge < -0.3 is 31.1 Å². The van der Waals surface area contributed by atoms with Gasteiger partial charge in [0.2, 0.25) is 11.8 Å². The van der Waals surface area contributed by atoms with Crippen LogP contribution in [-0.4, -0.2) is 95.8 Å². The van der Waals surface area contributed by atoms with Gasteiger partial charge in [-0.2, -0.15) is 0 Å². The molecular formula is C22H31N7O5S. The summed E-state index contributed by atoms with van der Waals surface area (Å²) >= 11 is 1.47. The number of amides is 2. The first-order valence-corrected chi connectivity index (χ1v) is 12.9. The van der Waals surface area contributed by atoms with E-state index in [1.54, 1.807) is 15.8 Å². The topological polar surface area (TPSA) is 167 Å². The summed E-state index contributed by atoms with van der Waals surface area (Å²) < 4.78 is 1.56. The fourth-order valence-corrected chi connectivity index (χ4v) is 7.28. The van der Waals surface area contributed by atoms with Gasteiger partial charge in [0.15, 0.2) is 0 Å². The van der Waals surface area contributed by atoms with Crippen molar-refractivity contribution in [1.82, 2.24) is 30.1 Å². The standard InChI is InChI=1S/C22H31N7O5S/c1-10-17-16(11(2)28-8-13(9-30)25-26-28)21(32)29(17)18(22(33)34)19(10)35-14-5-15(24-6-14)20(31)27-4-3-12(23)7-27/h8,10-12,14-17,24,30H,3-7,9,23H2,1-2H3,(H,33,34)/t10-,11-,12-,14?,15?,16-,17-/m1/s1. The smallest absolute Gasteiger partial charge is 0.353 e. The van der Waals surface area contributed by atoms with Gasteiger partial charge in [-0.15, -0.1) is 16.9 Å². The predicted molar refractivity (Wildman–Crippen MR) is 126 cm³/mol. The Balaban J connectivity index is 1.29. The van der Waals surface area contributed by atoms with E-state index in [0.29, 0.717) is 36.7 Å². The van der Waals surface area contributed by atoms with E-state index in [1.165, 1.54) is 16.7 Å². The molecule has 4 aliphatic rings. The number of aromatic nitrogens is 3. The van der Waals surface area contributed by atoms with Crippen LogP contribution in [0, 0.1) is 11.8 Å². The number of aliphatic hydroxyl groups is 1. The predicted octanol–water partition coefficient (Wildman–Crippen LogP) is -0.872. The summed E-state index contributed by atoms with van der Waals surface area (Å²) in [6.45, 7) is 5.40. The highest BCUT2D eigenvalue weighted by Gasteiger charge is 2.61. The number of carboxylic acids is 1. The lowest BCUT2D eigenvalue weighted by Gasteiger charge is -2.47. The number of hydrogen-bond acceptors (Lipinski definition) is 9. The second-order valence-electron chi connectivity index (χ2n) is 9.89. The molecule has 4 aliphatic heterocycles. The normalized spacial score (nSPS) is 33.3. The number of β-lactam (4-membered cyclic amide) rings is 1. The zero-order chi connectivity index (χ0) is 25.0. The van der Waals surface area contributed by atoms with Crippen molar-refractivity contribution in [2.24, 2.45) is 17.6 Å². The molecule has 12 nitrogen and oxygen atoms in total. The fourth-order valence-electron chi connectivity index (χ4n) is 5.80. The molecule has 7 atom stereocenters. The second-order valence-corrected chi connectivity index (χ2v) is 11.2. The molecule has 0 bridgehead atoms. The molecule has 190 valence electrons. The summed E-state index contributed by atoms with van der Waals surface area (Å²) in [5.74, 6) is -1.92. The van der Waals surface area contributed by atoms with E-state index >= 15 is 0 Å². The number of carbonyl (C=O) groups is 3. The van der Waals surface area contributed by atoms with Gasteiger partial charge in [0.1, 0.15) is 11.4 Å². The van der Waals surface area contributed by atoms with Crippen molar-refractivity contribution < 1.29 is 24.6 Å². The van der Waals surface area contributed by atoms with Crippen LogP contribution >= 0.6 is 11.8 Å². The van der Waals surface area contributed by atoms with E-state index in [2.05, 4.69) is 15.6 Å². The summed E-state index contributed by atoms with van der Waals surface area (Å²) in [5, 5.41) is 30.5. The molecule has 0 radical (unpaired) electrons. The first-order chi connectivity index (χ1) is 16.7. The number of nitrogens with zero attached hydrogens (tertiary/aromatic N) is 5. The third-order valence-electron chi connectivity index (χ3n) is 7.67. The number of nitrogens with two attached hydrogens (primary N) is 1. The van der Waals surface area contributed by atoms with Crippen LogP contribution in [0.15, 0.2) is 16.8 Å². The Bertz CT molecular complexity index is 1080. The Kier molecular flexibility index (Phi) is 6.36. The SMILES string of the molecule is C[C@H]([C@H]1C(=O)N2C(C(=O)O)=C(SC3CNC(C(=O)N4CC[C@@H](N)C4)C3)[C@H](C)[C@H]12)n1cc(CO)nn1. The van der Waals surface area contributed by atoms with Crippen LogP contribution in [0.1, 0.15) is 38.4 Å². The lowest BCUT2D eigenvalue weighted by molar-refractivity contribution is -0.159. The molecule has 3 fully saturated rings. The van der Waals surface area contributed by atoms with E-state index in [9.17, 15) is 24.6 Å². The largest absolute Gasteiger partial charge is 0.477 e. The monoisotopic (exact) mass is 505 g/mol. The highest BCUT2D eigenvalue weighted by molar-refractivity contribution is 8.03. The Morgan fingerprint density at radius 2 is 2.17 bits per heavy atom. The summed E-state index contributed by atoms with van der Waals surface area (Å²) in [6.07, 6.45) is 3.01. The second kappa shape index (κ2) is 9.19. The summed E-state index contributed by atoms with van der Waals surface area (Å²) in [5.41, 5.74) is 6.41. The van der Waals surface area contributed by atoms with Gasteiger partial charge in [-0.05, 0) is 19.8 Å². The van der Waals surface area contributed by atoms with Gasteiger partial charge in [-0.1, -0.05) is 12.1 Å². The van der Waals surface area contributed by atoms with Gasteiger partial charge in [-0.3, -0.25) is 9.59 Å². The number of carboxylic acid groups (broad SMARTS) is 1. The van der Waals surface area contributed by atoms with Gasteiger partial charge in [0.25, 0.3) is 0 Å². The molecule has 35 heavy (non-hydrogen) atoms. The van der Waals surface area contributed by atoms with E-state index < -0.39 is 11.9 Å². The molecule has 5 N–H and O–H groups in total. The van der Waals surface area contributed by atoms with Crippen molar-refractivity contribution in [2.75, 3.05) is 19.6 Å². The van der Waals surface area contributed by atoms with Crippen molar-refractivity contribution >= 4 is 29.5 Å². The molecule has 3 saturated heterocycles. The highest BCUT2D eigenvalue weighted by Crippen LogP contribution is 2.53. The van der Waals surface area contributed by atoms with E-state index in [1.807, 2.05) is 13.8 Å². The summed E-state index contributed by atoms with van der Waals surface area (Å²) in [4.78, 5) is 42.1. The van der Waals surface area contributed by atoms with E-state index in [-0.39, 0.29) is 59.5 Å². The zero-order valence-electron chi connectivity index (χ0n) is 19.7. The molecule has 1 aromatic heterocycles. The van der Waals surface area contributed by atoms with Crippen LogP contribution in [0.5, 0.6) is 0 Å². The number of hydrogen-bond donors (Lipinski definition) is 4. The Hall–Kier alpha value is -2.48. The summed E-state index contributed by atoms with van der Waals surface area (Å²) in [6, 6.07) is -0.896. The number of rotatable bonds is 7. The molecule has 0 saturated carbocycles. The van der Waals surface area contributed by atoms with Crippen molar-refractivity contribution in [1.29, 1.82) is 0 Å². The van der Waals surface area contributed by atoms with Crippen molar-refractivity contribution in [3.8, 4) is 0 Å². The van der Waals surface area contributed by atoms with Crippen LogP contribution in [0.25, 0.3) is 0 Å². The minimum atomic E-state index is -1.12. The van der Waals surface area contributed by atoms with Crippen LogP contribution in [-0.2, 0) is 21.0 Å². The quantitative estimate of drug-likeness (QED) is 0.342. The van der Waals surface area contributed by atoms with Gasteiger partial charge in [0, 0.05) is 41.7 Å². The van der Waals surface area contributed by atoms with Crippen molar-refractivity contribution in [3.05, 3.63) is 22.5 Å².